The second kappa shape index (κ2) is 39.7. The first-order valence-electron chi connectivity index (χ1n) is 38.4. The zero-order valence-electron chi connectivity index (χ0n) is 65.2. The first kappa shape index (κ1) is 87.1. The first-order chi connectivity index (χ1) is 52.6. The highest BCUT2D eigenvalue weighted by Gasteiger charge is 2.47. The number of likely N-dealkylation sites (tertiary alicyclic amines) is 1. The Labute approximate surface area is 651 Å². The third kappa shape index (κ3) is 25.8. The molecule has 6 heterocycles. The Morgan fingerprint density at radius 3 is 1.41 bits per heavy atom. The summed E-state index contributed by atoms with van der Waals surface area (Å²) in [6, 6.07) is 26.8. The first-order valence-corrected chi connectivity index (χ1v) is 41.3. The maximum absolute atomic E-state index is 14.2. The Balaban J connectivity index is 0.000000270. The second-order valence-corrected chi connectivity index (χ2v) is 35.8. The van der Waals surface area contributed by atoms with Crippen LogP contribution in [0.1, 0.15) is 136 Å². The SMILES string of the molecule is CC(C)CN(C[C@@H](O)[C@H](Cc1ccccc1)NC(=O)O[C@H]1CO[C@H]2OCC[C@H]21)S(=O)(=O)c1ccc(CNC(=O)[C@@H]2CCCN2)cc1.CC(C)CN(C[C@@H](O)[C@H](Cc1ccccc1)NC(=O)O[C@H]1CO[C@H]2OCC[C@H]21)S(=O)(=O)c1ccc(CNC(=O)[C@@H]2CCCN2C(=O)[C@H](CC(=O)OC(C)(C)C)NC(=O)OC(C)(C)C)cc1. The summed E-state index contributed by atoms with van der Waals surface area (Å²) in [5, 5.41) is 40.2. The minimum atomic E-state index is -4.18. The van der Waals surface area contributed by atoms with Gasteiger partial charge in [-0.25, -0.2) is 31.2 Å². The number of alkyl carbamates (subject to hydrolysis) is 3. The van der Waals surface area contributed by atoms with Crippen LogP contribution in [-0.2, 0) is 103 Å². The maximum atomic E-state index is 14.2. The number of amides is 6. The Bertz CT molecular complexity index is 3930. The van der Waals surface area contributed by atoms with Gasteiger partial charge in [0.2, 0.25) is 37.8 Å². The van der Waals surface area contributed by atoms with Gasteiger partial charge in [0.25, 0.3) is 0 Å². The number of aliphatic hydroxyl groups is 2. The summed E-state index contributed by atoms with van der Waals surface area (Å²) >= 11 is 0. The van der Waals surface area contributed by atoms with Crippen molar-refractivity contribution in [2.24, 2.45) is 23.7 Å². The fraction of sp³-hybridized carbons (Fsp3) is 0.608. The molecular weight excluding hydrogens is 1480 g/mol. The van der Waals surface area contributed by atoms with E-state index in [0.29, 0.717) is 38.0 Å². The molecule has 0 aromatic heterocycles. The number of fused-ring (bicyclic) bond motifs is 2. The lowest BCUT2D eigenvalue weighted by atomic mass is 10.0. The van der Waals surface area contributed by atoms with Crippen molar-refractivity contribution in [2.75, 3.05) is 65.7 Å². The topological polar surface area (TPSA) is 384 Å². The van der Waals surface area contributed by atoms with Gasteiger partial charge in [0, 0.05) is 45.8 Å². The Hall–Kier alpha value is -7.89. The van der Waals surface area contributed by atoms with Crippen molar-refractivity contribution >= 4 is 62.0 Å². The molecule has 111 heavy (non-hydrogen) atoms. The van der Waals surface area contributed by atoms with Gasteiger partial charge in [-0.05, 0) is 158 Å². The second-order valence-electron chi connectivity index (χ2n) is 31.9. The molecule has 6 aliphatic heterocycles. The van der Waals surface area contributed by atoms with Gasteiger partial charge in [-0.2, -0.15) is 8.61 Å². The summed E-state index contributed by atoms with van der Waals surface area (Å²) in [4.78, 5) is 93.1. The predicted molar refractivity (Wildman–Crippen MR) is 407 cm³/mol. The largest absolute Gasteiger partial charge is 0.460 e. The molecule has 8 N–H and O–H groups in total. The molecule has 6 amide bonds. The highest BCUT2D eigenvalue weighted by Crippen LogP contribution is 2.35. The van der Waals surface area contributed by atoms with Crippen molar-refractivity contribution in [2.45, 2.75) is 228 Å². The number of esters is 1. The minimum absolute atomic E-state index is 0.00789. The number of hydrogen-bond acceptors (Lipinski definition) is 22. The third-order valence-electron chi connectivity index (χ3n) is 19.6. The fourth-order valence-corrected chi connectivity index (χ4v) is 17.4. The minimum Gasteiger partial charge on any atom is -0.460 e. The van der Waals surface area contributed by atoms with Crippen molar-refractivity contribution < 1.29 is 98.5 Å². The summed E-state index contributed by atoms with van der Waals surface area (Å²) in [6.45, 7) is 20.0. The van der Waals surface area contributed by atoms with Crippen molar-refractivity contribution in [3.05, 3.63) is 131 Å². The predicted octanol–water partition coefficient (Wildman–Crippen LogP) is 6.19. The average Bonchev–Trinajstić information content (AvgIpc) is 1.62. The average molecular weight is 1590 g/mol. The number of carbonyl (C=O) groups excluding carboxylic acids is 7. The summed E-state index contributed by atoms with van der Waals surface area (Å²) in [7, 11) is -8.20. The number of nitrogens with zero attached hydrogens (tertiary/aromatic N) is 3. The summed E-state index contributed by atoms with van der Waals surface area (Å²) in [5.74, 6) is -2.16. The van der Waals surface area contributed by atoms with E-state index in [1.165, 1.54) is 37.8 Å². The Morgan fingerprint density at radius 2 is 0.991 bits per heavy atom. The number of sulfonamides is 2. The highest BCUT2D eigenvalue weighted by molar-refractivity contribution is 7.89. The number of rotatable bonds is 32. The van der Waals surface area contributed by atoms with E-state index in [-0.39, 0.29) is 124 Å². The number of carbonyl (C=O) groups is 7. The Kier molecular flexibility index (Phi) is 31.2. The van der Waals surface area contributed by atoms with Crippen LogP contribution >= 0.6 is 0 Å². The zero-order valence-corrected chi connectivity index (χ0v) is 66.8. The number of nitrogens with one attached hydrogen (secondary N) is 6. The molecule has 612 valence electrons. The van der Waals surface area contributed by atoms with Crippen LogP contribution in [-0.4, -0.2) is 227 Å². The van der Waals surface area contributed by atoms with Gasteiger partial charge >= 0.3 is 24.2 Å². The van der Waals surface area contributed by atoms with E-state index in [0.717, 1.165) is 42.5 Å². The van der Waals surface area contributed by atoms with Crippen molar-refractivity contribution in [3.8, 4) is 0 Å². The quantitative estimate of drug-likeness (QED) is 0.0200. The van der Waals surface area contributed by atoms with Gasteiger partial charge in [0.15, 0.2) is 12.6 Å². The molecule has 0 spiro atoms. The van der Waals surface area contributed by atoms with E-state index in [4.69, 9.17) is 37.9 Å². The number of ether oxygens (including phenoxy) is 8. The lowest BCUT2D eigenvalue weighted by Gasteiger charge is -2.31. The van der Waals surface area contributed by atoms with Crippen molar-refractivity contribution in [3.63, 3.8) is 0 Å². The van der Waals surface area contributed by atoms with E-state index in [9.17, 15) is 60.6 Å². The smallest absolute Gasteiger partial charge is 0.408 e. The van der Waals surface area contributed by atoms with Crippen molar-refractivity contribution in [1.82, 2.24) is 45.4 Å². The highest BCUT2D eigenvalue weighted by atomic mass is 32.2. The molecule has 0 radical (unpaired) electrons. The Morgan fingerprint density at radius 1 is 0.541 bits per heavy atom. The van der Waals surface area contributed by atoms with Crippen LogP contribution in [0.5, 0.6) is 0 Å². The van der Waals surface area contributed by atoms with Crippen LogP contribution in [0.3, 0.4) is 0 Å². The van der Waals surface area contributed by atoms with Gasteiger partial charge in [-0.3, -0.25) is 19.2 Å². The molecule has 0 unspecified atom stereocenters. The normalized spacial score (nSPS) is 22.5. The van der Waals surface area contributed by atoms with E-state index in [1.807, 2.05) is 88.4 Å². The summed E-state index contributed by atoms with van der Waals surface area (Å²) in [6.07, 6.45) is -2.70. The molecule has 6 fully saturated rings. The third-order valence-corrected chi connectivity index (χ3v) is 23.3. The van der Waals surface area contributed by atoms with Crippen LogP contribution in [0.4, 0.5) is 14.4 Å². The van der Waals surface area contributed by atoms with Crippen LogP contribution in [0.25, 0.3) is 0 Å². The lowest BCUT2D eigenvalue weighted by molar-refractivity contribution is -0.157. The molecule has 6 aliphatic rings. The fourth-order valence-electron chi connectivity index (χ4n) is 14.2. The molecule has 13 atom stereocenters. The maximum Gasteiger partial charge on any atom is 0.408 e. The number of hydrogen-bond donors (Lipinski definition) is 8. The lowest BCUT2D eigenvalue weighted by Crippen LogP contribution is -2.54. The molecule has 4 aromatic carbocycles. The van der Waals surface area contributed by atoms with Crippen LogP contribution in [0.15, 0.2) is 119 Å². The van der Waals surface area contributed by atoms with Gasteiger partial charge in [-0.1, -0.05) is 113 Å². The molecule has 10 rings (SSSR count). The molecule has 32 heteroatoms. The van der Waals surface area contributed by atoms with Crippen LogP contribution in [0.2, 0.25) is 0 Å². The van der Waals surface area contributed by atoms with E-state index >= 15 is 0 Å². The monoisotopic (exact) mass is 1590 g/mol. The molecule has 6 saturated heterocycles. The van der Waals surface area contributed by atoms with Gasteiger partial charge in [-0.15, -0.1) is 0 Å². The number of benzene rings is 4. The summed E-state index contributed by atoms with van der Waals surface area (Å²) in [5.41, 5.74) is 1.32. The van der Waals surface area contributed by atoms with Gasteiger partial charge < -0.3 is 84.9 Å². The molecule has 30 nitrogen and oxygen atoms in total. The molecular formula is C79H113N9O21S2. The van der Waals surface area contributed by atoms with Gasteiger partial charge in [0.05, 0.1) is 84.8 Å². The van der Waals surface area contributed by atoms with Crippen LogP contribution < -0.4 is 31.9 Å². The van der Waals surface area contributed by atoms with Gasteiger partial charge in [0.1, 0.15) is 35.5 Å². The van der Waals surface area contributed by atoms with Crippen LogP contribution in [0, 0.1) is 23.7 Å². The zero-order chi connectivity index (χ0) is 80.4. The van der Waals surface area contributed by atoms with Crippen molar-refractivity contribution in [1.29, 1.82) is 0 Å². The van der Waals surface area contributed by atoms with E-state index in [1.54, 1.807) is 65.8 Å². The number of aliphatic hydroxyl groups excluding tert-OH is 2. The van der Waals surface area contributed by atoms with E-state index in [2.05, 4.69) is 31.9 Å². The summed E-state index contributed by atoms with van der Waals surface area (Å²) < 4.78 is 103. The molecule has 0 bridgehead atoms. The molecule has 4 aromatic rings. The standard InChI is InChI=1S/C46H67N5O13S.C33H46N4O8S/c1-29(2)26-50(27-37(52)34(23-30-13-10-9-11-14-30)48-43(56)62-38-28-61-42-33(38)20-22-60-42)65(58,59)32-18-16-31(17-19-32)25-47-40(54)36-15-12-21-51(36)41(55)35(24-39(53)63-45(3,4)5)49-44(57)64-46(6,7)8;1-22(2)19-37(46(41,42)25-12-10-24(11-13-25)18-35-31(39)27-9-6-15-34-27)20-29(38)28(17-23-7-4-3-5-8-23)36-33(40)45-30-21-44-32-26(30)14-16-43-32/h9-11,13-14,16-19,29,33-38,42,52H,12,15,20-28H2,1-8H3,(H,47,54)(H,48,56)(H,49,57);3-5,7-8,10-13,22,26-30,32,34,38H,6,9,14-21H2,1-2H3,(H,35,39)(H,36,40)/t33-,34-,35-,36-,37+,38-,42+;26-,27-,28-,29+,30-,32+/m00/s1. The molecule has 0 aliphatic carbocycles. The van der Waals surface area contributed by atoms with E-state index < -0.39 is 129 Å². The molecule has 0 saturated carbocycles.